The predicted octanol–water partition coefficient (Wildman–Crippen LogP) is 1.92. The number of fused-ring (bicyclic) bond motifs is 1. The predicted molar refractivity (Wildman–Crippen MR) is 55.0 cm³/mol. The Morgan fingerprint density at radius 3 is 2.52 bits per heavy atom. The Morgan fingerprint density at radius 2 is 1.95 bits per heavy atom. The summed E-state index contributed by atoms with van der Waals surface area (Å²) in [5.41, 5.74) is 0. The van der Waals surface area contributed by atoms with E-state index in [-0.39, 0.29) is 17.9 Å². The first kappa shape index (κ1) is 14.5. The van der Waals surface area contributed by atoms with Gasteiger partial charge in [-0.15, -0.1) is 0 Å². The van der Waals surface area contributed by atoms with Gasteiger partial charge in [0.1, 0.15) is 6.10 Å². The molecule has 0 aromatic rings. The van der Waals surface area contributed by atoms with E-state index in [1.807, 2.05) is 0 Å². The van der Waals surface area contributed by atoms with Crippen LogP contribution in [-0.4, -0.2) is 36.7 Å². The third-order valence-electron chi connectivity index (χ3n) is 4.55. The fraction of sp³-hybridized carbons (Fsp3) is 0.833. The number of hydrogen-bond donors (Lipinski definition) is 0. The van der Waals surface area contributed by atoms with Gasteiger partial charge in [-0.25, -0.2) is 8.78 Å². The number of carbonyl (C=O) groups is 2. The molecule has 3 fully saturated rings. The molecule has 0 N–H and O–H groups in total. The highest BCUT2D eigenvalue weighted by atomic mass is 19.4. The highest BCUT2D eigenvalue weighted by molar-refractivity contribution is 5.85. The molecule has 21 heavy (non-hydrogen) atoms. The summed E-state index contributed by atoms with van der Waals surface area (Å²) in [4.78, 5) is 23.5. The topological polar surface area (TPSA) is 52.6 Å². The van der Waals surface area contributed by atoms with E-state index in [1.54, 1.807) is 0 Å². The van der Waals surface area contributed by atoms with Crippen molar-refractivity contribution in [3.63, 3.8) is 0 Å². The van der Waals surface area contributed by atoms with Crippen LogP contribution in [0.2, 0.25) is 0 Å². The van der Waals surface area contributed by atoms with E-state index in [2.05, 4.69) is 4.74 Å². The van der Waals surface area contributed by atoms with Crippen molar-refractivity contribution in [2.24, 2.45) is 23.7 Å². The van der Waals surface area contributed by atoms with Gasteiger partial charge in [0.25, 0.3) is 12.5 Å². The SMILES string of the molecule is O=C(OC(C(F)F)C(F)(F)F)C1C2CC3OC(=O)C1C3C2. The van der Waals surface area contributed by atoms with Gasteiger partial charge in [-0.3, -0.25) is 9.59 Å². The van der Waals surface area contributed by atoms with Crippen molar-refractivity contribution < 1.29 is 41.0 Å². The Kier molecular flexibility index (Phi) is 3.14. The first-order valence-corrected chi connectivity index (χ1v) is 6.46. The lowest BCUT2D eigenvalue weighted by molar-refractivity contribution is -0.251. The van der Waals surface area contributed by atoms with Gasteiger partial charge in [-0.2, -0.15) is 13.2 Å². The Balaban J connectivity index is 1.76. The molecule has 118 valence electrons. The van der Waals surface area contributed by atoms with Crippen LogP contribution in [0.4, 0.5) is 22.0 Å². The van der Waals surface area contributed by atoms with Crippen LogP contribution in [0.25, 0.3) is 0 Å². The molecule has 0 aromatic heterocycles. The number of halogens is 5. The Bertz CT molecular complexity index is 475. The van der Waals surface area contributed by atoms with Crippen LogP contribution < -0.4 is 0 Å². The summed E-state index contributed by atoms with van der Waals surface area (Å²) in [7, 11) is 0. The number of alkyl halides is 5. The second-order valence-electron chi connectivity index (χ2n) is 5.66. The second kappa shape index (κ2) is 4.54. The molecule has 0 amide bonds. The zero-order chi connectivity index (χ0) is 15.5. The van der Waals surface area contributed by atoms with Crippen LogP contribution in [0.5, 0.6) is 0 Å². The molecule has 9 heteroatoms. The molecule has 2 saturated carbocycles. The monoisotopic (exact) mass is 314 g/mol. The molecule has 0 aromatic carbocycles. The molecular formula is C12H11F5O4. The molecule has 1 heterocycles. The average Bonchev–Trinajstić information content (AvgIpc) is 2.94. The third kappa shape index (κ3) is 2.17. The maximum absolute atomic E-state index is 12.4. The molecular weight excluding hydrogens is 303 g/mol. The van der Waals surface area contributed by atoms with Gasteiger partial charge < -0.3 is 9.47 Å². The van der Waals surface area contributed by atoms with E-state index in [0.29, 0.717) is 12.8 Å². The van der Waals surface area contributed by atoms with Crippen LogP contribution in [0.1, 0.15) is 12.8 Å². The van der Waals surface area contributed by atoms with Gasteiger partial charge in [0.2, 0.25) is 0 Å². The van der Waals surface area contributed by atoms with E-state index < -0.39 is 42.5 Å². The van der Waals surface area contributed by atoms with E-state index in [1.165, 1.54) is 0 Å². The molecule has 0 radical (unpaired) electrons. The van der Waals surface area contributed by atoms with Crippen LogP contribution in [0.15, 0.2) is 0 Å². The highest BCUT2D eigenvalue weighted by Gasteiger charge is 2.65. The maximum Gasteiger partial charge on any atom is 0.431 e. The molecule has 2 aliphatic carbocycles. The van der Waals surface area contributed by atoms with E-state index in [9.17, 15) is 31.5 Å². The van der Waals surface area contributed by atoms with Crippen LogP contribution >= 0.6 is 0 Å². The molecule has 6 atom stereocenters. The minimum Gasteiger partial charge on any atom is -0.462 e. The molecule has 0 spiro atoms. The number of esters is 2. The van der Waals surface area contributed by atoms with Gasteiger partial charge in [-0.1, -0.05) is 0 Å². The molecule has 3 rings (SSSR count). The maximum atomic E-state index is 12.4. The summed E-state index contributed by atoms with van der Waals surface area (Å²) in [5.74, 6) is -4.54. The number of carbonyl (C=O) groups excluding carboxylic acids is 2. The standard InChI is InChI=1S/C12H11F5O4/c13-9(14)8(12(15,16)17)21-10(18)6-3-1-4-5(2-3)20-11(19)7(4)6/h3-9H,1-2H2. The number of rotatable bonds is 3. The molecule has 1 aliphatic heterocycles. The average molecular weight is 314 g/mol. The highest BCUT2D eigenvalue weighted by Crippen LogP contribution is 2.58. The van der Waals surface area contributed by atoms with Crippen molar-refractivity contribution in [2.75, 3.05) is 0 Å². The summed E-state index contributed by atoms with van der Waals surface area (Å²) in [6.07, 6.45) is -12.1. The summed E-state index contributed by atoms with van der Waals surface area (Å²) < 4.78 is 71.1. The van der Waals surface area contributed by atoms with Gasteiger partial charge >= 0.3 is 18.1 Å². The van der Waals surface area contributed by atoms with Crippen LogP contribution in [-0.2, 0) is 19.1 Å². The van der Waals surface area contributed by atoms with Crippen molar-refractivity contribution in [3.05, 3.63) is 0 Å². The first-order valence-electron chi connectivity index (χ1n) is 6.46. The minimum atomic E-state index is -5.35. The van der Waals surface area contributed by atoms with Crippen molar-refractivity contribution in [1.82, 2.24) is 0 Å². The fourth-order valence-corrected chi connectivity index (χ4v) is 3.79. The summed E-state index contributed by atoms with van der Waals surface area (Å²) >= 11 is 0. The number of ether oxygens (including phenoxy) is 2. The quantitative estimate of drug-likeness (QED) is 0.590. The van der Waals surface area contributed by atoms with Crippen LogP contribution in [0.3, 0.4) is 0 Å². The van der Waals surface area contributed by atoms with E-state index >= 15 is 0 Å². The molecule has 4 nitrogen and oxygen atoms in total. The molecule has 2 bridgehead atoms. The molecule has 3 aliphatic rings. The van der Waals surface area contributed by atoms with Gasteiger partial charge in [0, 0.05) is 5.92 Å². The Hall–Kier alpha value is -1.41. The molecule has 1 saturated heterocycles. The van der Waals surface area contributed by atoms with Crippen molar-refractivity contribution >= 4 is 11.9 Å². The van der Waals surface area contributed by atoms with E-state index in [0.717, 1.165) is 0 Å². The fourth-order valence-electron chi connectivity index (χ4n) is 3.79. The normalized spacial score (nSPS) is 38.8. The lowest BCUT2D eigenvalue weighted by atomic mass is 9.80. The second-order valence-corrected chi connectivity index (χ2v) is 5.66. The van der Waals surface area contributed by atoms with Crippen molar-refractivity contribution in [1.29, 1.82) is 0 Å². The zero-order valence-corrected chi connectivity index (χ0v) is 10.5. The number of hydrogen-bond acceptors (Lipinski definition) is 4. The Morgan fingerprint density at radius 1 is 1.29 bits per heavy atom. The van der Waals surface area contributed by atoms with Crippen molar-refractivity contribution in [3.8, 4) is 0 Å². The molecule has 6 unspecified atom stereocenters. The summed E-state index contributed by atoms with van der Waals surface area (Å²) in [6, 6.07) is 0. The summed E-state index contributed by atoms with van der Waals surface area (Å²) in [5, 5.41) is 0. The smallest absolute Gasteiger partial charge is 0.431 e. The van der Waals surface area contributed by atoms with Crippen LogP contribution in [0, 0.1) is 23.7 Å². The van der Waals surface area contributed by atoms with Gasteiger partial charge in [0.05, 0.1) is 11.8 Å². The Labute approximate surface area is 115 Å². The van der Waals surface area contributed by atoms with Crippen molar-refractivity contribution in [2.45, 2.75) is 37.7 Å². The zero-order valence-electron chi connectivity index (χ0n) is 10.5. The van der Waals surface area contributed by atoms with Gasteiger partial charge in [0.15, 0.2) is 0 Å². The van der Waals surface area contributed by atoms with Gasteiger partial charge in [-0.05, 0) is 18.8 Å². The summed E-state index contributed by atoms with van der Waals surface area (Å²) in [6.45, 7) is 0. The largest absolute Gasteiger partial charge is 0.462 e. The third-order valence-corrected chi connectivity index (χ3v) is 4.55. The lowest BCUT2D eigenvalue weighted by Crippen LogP contribution is -2.43. The van der Waals surface area contributed by atoms with E-state index in [4.69, 9.17) is 4.74 Å². The first-order chi connectivity index (χ1) is 9.70. The lowest BCUT2D eigenvalue weighted by Gasteiger charge is -2.26. The minimum absolute atomic E-state index is 0.212.